The Morgan fingerprint density at radius 3 is 2.43 bits per heavy atom. The van der Waals surface area contributed by atoms with E-state index in [9.17, 15) is 22.7 Å². The van der Waals surface area contributed by atoms with Gasteiger partial charge in [-0.2, -0.15) is 4.98 Å². The summed E-state index contributed by atoms with van der Waals surface area (Å²) < 4.78 is 46.1. The third kappa shape index (κ3) is 6.18. The monoisotopic (exact) mass is 505 g/mol. The average molecular weight is 506 g/mol. The second kappa shape index (κ2) is 10.3. The zero-order chi connectivity index (χ0) is 26.0. The van der Waals surface area contributed by atoms with Gasteiger partial charge in [0.25, 0.3) is 5.91 Å². The molecular formula is C25H32FN3O5S. The second-order valence-electron chi connectivity index (χ2n) is 9.17. The molecule has 0 bridgehead atoms. The van der Waals surface area contributed by atoms with Gasteiger partial charge in [0.05, 0.1) is 22.8 Å². The summed E-state index contributed by atoms with van der Waals surface area (Å²) in [6.45, 7) is 5.49. The number of hydrogen-bond acceptors (Lipinski definition) is 6. The van der Waals surface area contributed by atoms with Gasteiger partial charge in [-0.25, -0.2) is 12.8 Å². The Kier molecular flexibility index (Phi) is 7.86. The molecule has 0 radical (unpaired) electrons. The van der Waals surface area contributed by atoms with Gasteiger partial charge in [0.1, 0.15) is 17.4 Å². The zero-order valence-corrected chi connectivity index (χ0v) is 21.5. The maximum atomic E-state index is 13.5. The molecular weight excluding hydrogens is 473 g/mol. The Bertz CT molecular complexity index is 1310. The van der Waals surface area contributed by atoms with E-state index in [1.54, 1.807) is 19.9 Å². The van der Waals surface area contributed by atoms with Gasteiger partial charge in [-0.1, -0.05) is 6.92 Å². The van der Waals surface area contributed by atoms with Crippen molar-refractivity contribution >= 4 is 32.8 Å². The Balaban J connectivity index is 2.13. The fourth-order valence-corrected chi connectivity index (χ4v) is 4.86. The standard InChI is InChI=1S/C25H32FN3O5S/c1-6-16-15-19-20(23(30)27-4)21(17-9-11-18(26)12-10-17)34-24(19)28-22(16)29(35(5,32)33)14-8-7-13-25(2,3)31/h9-12,15,31H,6-8,13-14H2,1-5H3,(H,27,30). The van der Waals surface area contributed by atoms with E-state index in [1.165, 1.54) is 35.6 Å². The summed E-state index contributed by atoms with van der Waals surface area (Å²) in [5.74, 6) is -0.351. The van der Waals surface area contributed by atoms with Crippen LogP contribution in [0.25, 0.3) is 22.4 Å². The van der Waals surface area contributed by atoms with Crippen LogP contribution in [0.15, 0.2) is 34.7 Å². The SMILES string of the molecule is CCc1cc2c(C(=O)NC)c(-c3ccc(F)cc3)oc2nc1N(CCCCC(C)(C)O)S(C)(=O)=O. The Hall–Kier alpha value is -2.98. The zero-order valence-electron chi connectivity index (χ0n) is 20.7. The van der Waals surface area contributed by atoms with Crippen molar-refractivity contribution in [1.29, 1.82) is 0 Å². The number of hydrogen-bond donors (Lipinski definition) is 2. The Labute approximate surface area is 205 Å². The highest BCUT2D eigenvalue weighted by Crippen LogP contribution is 2.36. The summed E-state index contributed by atoms with van der Waals surface area (Å²) in [5, 5.41) is 13.0. The largest absolute Gasteiger partial charge is 0.437 e. The first-order valence-corrected chi connectivity index (χ1v) is 13.3. The molecule has 0 aliphatic carbocycles. The van der Waals surface area contributed by atoms with Crippen molar-refractivity contribution in [2.75, 3.05) is 24.2 Å². The normalized spacial score (nSPS) is 12.2. The van der Waals surface area contributed by atoms with E-state index in [-0.39, 0.29) is 29.4 Å². The number of carbonyl (C=O) groups is 1. The first-order chi connectivity index (χ1) is 16.4. The van der Waals surface area contributed by atoms with Gasteiger partial charge in [-0.15, -0.1) is 0 Å². The molecule has 0 aliphatic rings. The van der Waals surface area contributed by atoms with Crippen molar-refractivity contribution in [3.63, 3.8) is 0 Å². The molecule has 35 heavy (non-hydrogen) atoms. The number of aliphatic hydroxyl groups is 1. The van der Waals surface area contributed by atoms with Gasteiger partial charge in [-0.3, -0.25) is 9.10 Å². The van der Waals surface area contributed by atoms with Crippen LogP contribution in [0.1, 0.15) is 56.0 Å². The average Bonchev–Trinajstić information content (AvgIpc) is 3.14. The van der Waals surface area contributed by atoms with Crippen LogP contribution in [0, 0.1) is 5.82 Å². The van der Waals surface area contributed by atoms with E-state index in [0.717, 1.165) is 6.26 Å². The second-order valence-corrected chi connectivity index (χ2v) is 11.1. The molecule has 0 atom stereocenters. The van der Waals surface area contributed by atoms with E-state index in [1.807, 2.05) is 6.92 Å². The first-order valence-electron chi connectivity index (χ1n) is 11.5. The predicted molar refractivity (Wildman–Crippen MR) is 135 cm³/mol. The molecule has 3 aromatic rings. The fraction of sp³-hybridized carbons (Fsp3) is 0.440. The van der Waals surface area contributed by atoms with E-state index in [2.05, 4.69) is 10.3 Å². The molecule has 3 rings (SSSR count). The van der Waals surface area contributed by atoms with Gasteiger partial charge < -0.3 is 14.8 Å². The summed E-state index contributed by atoms with van der Waals surface area (Å²) in [5.41, 5.74) is 0.665. The van der Waals surface area contributed by atoms with Crippen LogP contribution in [0.5, 0.6) is 0 Å². The number of unbranched alkanes of at least 4 members (excludes halogenated alkanes) is 1. The molecule has 0 aliphatic heterocycles. The van der Waals surface area contributed by atoms with Gasteiger partial charge in [0, 0.05) is 19.2 Å². The smallest absolute Gasteiger partial charge is 0.255 e. The Morgan fingerprint density at radius 2 is 1.89 bits per heavy atom. The molecule has 0 unspecified atom stereocenters. The number of amides is 1. The number of nitrogens with one attached hydrogen (secondary N) is 1. The van der Waals surface area contributed by atoms with Gasteiger partial charge >= 0.3 is 0 Å². The van der Waals surface area contributed by atoms with Crippen LogP contribution in [-0.4, -0.2) is 49.9 Å². The molecule has 2 heterocycles. The Morgan fingerprint density at radius 1 is 1.23 bits per heavy atom. The highest BCUT2D eigenvalue weighted by molar-refractivity contribution is 7.92. The molecule has 0 saturated heterocycles. The minimum absolute atomic E-state index is 0.111. The number of halogens is 1. The molecule has 10 heteroatoms. The molecule has 190 valence electrons. The number of rotatable bonds is 10. The van der Waals surface area contributed by atoms with Crippen LogP contribution in [-0.2, 0) is 16.4 Å². The van der Waals surface area contributed by atoms with Crippen molar-refractivity contribution in [3.8, 4) is 11.3 Å². The number of nitrogens with zero attached hydrogens (tertiary/aromatic N) is 2. The van der Waals surface area contributed by atoms with E-state index in [0.29, 0.717) is 42.2 Å². The number of pyridine rings is 1. The predicted octanol–water partition coefficient (Wildman–Crippen LogP) is 4.26. The van der Waals surface area contributed by atoms with Crippen LogP contribution in [0.4, 0.5) is 10.2 Å². The van der Waals surface area contributed by atoms with E-state index >= 15 is 0 Å². The number of fused-ring (bicyclic) bond motifs is 1. The highest BCUT2D eigenvalue weighted by atomic mass is 32.2. The van der Waals surface area contributed by atoms with Crippen molar-refractivity contribution in [1.82, 2.24) is 10.3 Å². The number of aromatic nitrogens is 1. The summed E-state index contributed by atoms with van der Waals surface area (Å²) in [7, 11) is -2.17. The number of benzene rings is 1. The van der Waals surface area contributed by atoms with E-state index in [4.69, 9.17) is 4.42 Å². The lowest BCUT2D eigenvalue weighted by Gasteiger charge is -2.24. The summed E-state index contributed by atoms with van der Waals surface area (Å²) in [6, 6.07) is 7.28. The third-order valence-corrected chi connectivity index (χ3v) is 6.87. The number of carbonyl (C=O) groups excluding carboxylic acids is 1. The maximum Gasteiger partial charge on any atom is 0.255 e. The van der Waals surface area contributed by atoms with E-state index < -0.39 is 27.3 Å². The van der Waals surface area contributed by atoms with Gasteiger partial charge in [0.15, 0.2) is 0 Å². The van der Waals surface area contributed by atoms with Crippen LogP contribution < -0.4 is 9.62 Å². The van der Waals surface area contributed by atoms with Gasteiger partial charge in [-0.05, 0) is 75.4 Å². The molecule has 8 nitrogen and oxygen atoms in total. The summed E-state index contributed by atoms with van der Waals surface area (Å²) in [4.78, 5) is 17.3. The highest BCUT2D eigenvalue weighted by Gasteiger charge is 2.27. The number of aryl methyl sites for hydroxylation is 1. The molecule has 0 spiro atoms. The molecule has 1 aromatic carbocycles. The first kappa shape index (κ1) is 26.6. The van der Waals surface area contributed by atoms with Crippen molar-refractivity contribution < 1.29 is 27.1 Å². The van der Waals surface area contributed by atoms with Crippen molar-refractivity contribution in [3.05, 3.63) is 47.3 Å². The number of furan rings is 1. The fourth-order valence-electron chi connectivity index (χ4n) is 3.93. The lowest BCUT2D eigenvalue weighted by molar-refractivity contribution is 0.0684. The minimum atomic E-state index is -3.67. The van der Waals surface area contributed by atoms with Crippen LogP contribution >= 0.6 is 0 Å². The van der Waals surface area contributed by atoms with Gasteiger partial charge in [0.2, 0.25) is 15.7 Å². The summed E-state index contributed by atoms with van der Waals surface area (Å²) >= 11 is 0. The number of anilines is 1. The molecule has 0 saturated carbocycles. The molecule has 2 N–H and O–H groups in total. The quantitative estimate of drug-likeness (QED) is 0.398. The van der Waals surface area contributed by atoms with Crippen molar-refractivity contribution in [2.24, 2.45) is 0 Å². The third-order valence-electron chi connectivity index (χ3n) is 5.72. The summed E-state index contributed by atoms with van der Waals surface area (Å²) in [6.07, 6.45) is 3.29. The van der Waals surface area contributed by atoms with Crippen LogP contribution in [0.3, 0.4) is 0 Å². The molecule has 0 fully saturated rings. The molecule has 1 amide bonds. The lowest BCUT2D eigenvalue weighted by Crippen LogP contribution is -2.33. The molecule has 2 aromatic heterocycles. The topological polar surface area (TPSA) is 113 Å². The number of sulfonamides is 1. The maximum absolute atomic E-state index is 13.5. The minimum Gasteiger partial charge on any atom is -0.437 e. The van der Waals surface area contributed by atoms with Crippen molar-refractivity contribution in [2.45, 2.75) is 52.1 Å². The lowest BCUT2D eigenvalue weighted by atomic mass is 10.0. The van der Waals surface area contributed by atoms with Crippen LogP contribution in [0.2, 0.25) is 0 Å².